The molecule has 2 heterocycles. The molecule has 0 unspecified atom stereocenters. The van der Waals surface area contributed by atoms with Gasteiger partial charge in [-0.25, -0.2) is 0 Å². The number of nitrogens with two attached hydrogens (primary N) is 1. The van der Waals surface area contributed by atoms with Crippen molar-refractivity contribution in [3.05, 3.63) is 29.6 Å². The summed E-state index contributed by atoms with van der Waals surface area (Å²) in [4.78, 5) is 6.28. The van der Waals surface area contributed by atoms with E-state index in [1.807, 2.05) is 30.3 Å². The second kappa shape index (κ2) is 6.39. The van der Waals surface area contributed by atoms with Crippen LogP contribution in [0, 0.1) is 22.7 Å². The van der Waals surface area contributed by atoms with Crippen molar-refractivity contribution in [3.8, 4) is 12.1 Å². The van der Waals surface area contributed by atoms with Crippen molar-refractivity contribution in [2.24, 2.45) is 17.3 Å². The second-order valence-corrected chi connectivity index (χ2v) is 5.53. The van der Waals surface area contributed by atoms with Gasteiger partial charge in [-0.05, 0) is 31.0 Å². The third kappa shape index (κ3) is 2.77. The van der Waals surface area contributed by atoms with Gasteiger partial charge in [0.1, 0.15) is 17.8 Å². The number of benzene rings is 1. The lowest BCUT2D eigenvalue weighted by molar-refractivity contribution is 0.879. The van der Waals surface area contributed by atoms with Gasteiger partial charge in [-0.2, -0.15) is 15.5 Å². The summed E-state index contributed by atoms with van der Waals surface area (Å²) in [6.45, 7) is 2.09. The van der Waals surface area contributed by atoms with Crippen molar-refractivity contribution in [1.29, 1.82) is 10.5 Å². The number of rotatable bonds is 3. The van der Waals surface area contributed by atoms with Crippen molar-refractivity contribution in [2.45, 2.75) is 12.8 Å². The molecule has 1 saturated heterocycles. The van der Waals surface area contributed by atoms with Crippen molar-refractivity contribution >= 4 is 23.0 Å². The first-order chi connectivity index (χ1) is 11.6. The summed E-state index contributed by atoms with van der Waals surface area (Å²) in [5.41, 5.74) is 8.39. The zero-order chi connectivity index (χ0) is 17.1. The zero-order valence-electron chi connectivity index (χ0n) is 13.3. The maximum atomic E-state index is 9.05. The summed E-state index contributed by atoms with van der Waals surface area (Å²) < 4.78 is 1.43. The molecule has 0 atom stereocenters. The molecule has 1 aromatic heterocycles. The maximum Gasteiger partial charge on any atom is 0.251 e. The molecule has 0 aliphatic carbocycles. The quantitative estimate of drug-likeness (QED) is 0.688. The van der Waals surface area contributed by atoms with E-state index in [0.717, 1.165) is 18.8 Å². The molecule has 2 aromatic rings. The summed E-state index contributed by atoms with van der Waals surface area (Å²) in [6, 6.07) is 9.47. The van der Waals surface area contributed by atoms with Crippen LogP contribution in [-0.2, 0) is 7.05 Å². The first-order valence-electron chi connectivity index (χ1n) is 7.57. The highest BCUT2D eigenvalue weighted by atomic mass is 15.3. The van der Waals surface area contributed by atoms with Crippen LogP contribution in [0.2, 0.25) is 0 Å². The van der Waals surface area contributed by atoms with Gasteiger partial charge in [0, 0.05) is 25.8 Å². The van der Waals surface area contributed by atoms with E-state index in [4.69, 9.17) is 16.3 Å². The molecule has 1 aromatic carbocycles. The molecule has 3 rings (SSSR count). The van der Waals surface area contributed by atoms with Gasteiger partial charge in [-0.15, -0.1) is 10.2 Å². The number of azo groups is 1. The molecule has 1 fully saturated rings. The minimum absolute atomic E-state index is 0.0336. The summed E-state index contributed by atoms with van der Waals surface area (Å²) in [6.07, 6.45) is 2.39. The van der Waals surface area contributed by atoms with Crippen molar-refractivity contribution in [3.63, 3.8) is 0 Å². The zero-order valence-corrected chi connectivity index (χ0v) is 13.3. The molecule has 1 aliphatic rings. The molecule has 2 N–H and O–H groups in total. The Kier molecular flexibility index (Phi) is 4.13. The highest BCUT2D eigenvalue weighted by molar-refractivity contribution is 5.69. The van der Waals surface area contributed by atoms with Gasteiger partial charge >= 0.3 is 0 Å². The predicted octanol–water partition coefficient (Wildman–Crippen LogP) is 2.76. The van der Waals surface area contributed by atoms with Gasteiger partial charge in [0.2, 0.25) is 0 Å². The van der Waals surface area contributed by atoms with Crippen LogP contribution in [0.3, 0.4) is 0 Å². The fourth-order valence-corrected chi connectivity index (χ4v) is 2.69. The molecule has 0 bridgehead atoms. The van der Waals surface area contributed by atoms with Crippen LogP contribution in [0.5, 0.6) is 0 Å². The summed E-state index contributed by atoms with van der Waals surface area (Å²) in [5.74, 6) is 0.186. The van der Waals surface area contributed by atoms with Crippen molar-refractivity contribution in [1.82, 2.24) is 9.55 Å². The first kappa shape index (κ1) is 15.5. The molecule has 8 nitrogen and oxygen atoms in total. The van der Waals surface area contributed by atoms with E-state index >= 15 is 0 Å². The molecular formula is C16H16N8. The minimum Gasteiger partial charge on any atom is -0.397 e. The van der Waals surface area contributed by atoms with Crippen LogP contribution in [-0.4, -0.2) is 22.6 Å². The van der Waals surface area contributed by atoms with Crippen LogP contribution in [0.25, 0.3) is 0 Å². The summed E-state index contributed by atoms with van der Waals surface area (Å²) in [7, 11) is 1.61. The molecular weight excluding hydrogens is 304 g/mol. The smallest absolute Gasteiger partial charge is 0.251 e. The third-order valence-corrected chi connectivity index (χ3v) is 4.01. The highest BCUT2D eigenvalue weighted by Crippen LogP contribution is 2.30. The van der Waals surface area contributed by atoms with E-state index in [0.29, 0.717) is 11.4 Å². The fourth-order valence-electron chi connectivity index (χ4n) is 2.69. The van der Waals surface area contributed by atoms with E-state index < -0.39 is 0 Å². The van der Waals surface area contributed by atoms with E-state index in [1.54, 1.807) is 7.05 Å². The summed E-state index contributed by atoms with van der Waals surface area (Å²) >= 11 is 0. The number of imidazole rings is 1. The largest absolute Gasteiger partial charge is 0.397 e. The van der Waals surface area contributed by atoms with Gasteiger partial charge in [0.25, 0.3) is 5.95 Å². The lowest BCUT2D eigenvalue weighted by Crippen LogP contribution is -2.17. The molecule has 0 saturated carbocycles. The number of nitrogen functional groups attached to an aromatic ring is 1. The second-order valence-electron chi connectivity index (χ2n) is 5.53. The molecule has 120 valence electrons. The SMILES string of the molecule is Cn1c(N=Nc2ccc(N3CCCC3)cc2N)nc(C#N)c1C#N. The fraction of sp³-hybridized carbons (Fsp3) is 0.312. The molecule has 0 radical (unpaired) electrons. The predicted molar refractivity (Wildman–Crippen MR) is 89.1 cm³/mol. The van der Waals surface area contributed by atoms with Gasteiger partial charge in [-0.1, -0.05) is 0 Å². The Morgan fingerprint density at radius 3 is 2.50 bits per heavy atom. The Labute approximate surface area is 139 Å². The lowest BCUT2D eigenvalue weighted by atomic mass is 10.2. The van der Waals surface area contributed by atoms with Crippen molar-refractivity contribution < 1.29 is 0 Å². The normalized spacial score (nSPS) is 14.0. The molecule has 0 spiro atoms. The monoisotopic (exact) mass is 320 g/mol. The Hall–Kier alpha value is -3.39. The molecule has 0 amide bonds. The highest BCUT2D eigenvalue weighted by Gasteiger charge is 2.15. The number of nitriles is 2. The molecule has 8 heteroatoms. The number of anilines is 2. The summed E-state index contributed by atoms with van der Waals surface area (Å²) in [5, 5.41) is 26.2. The van der Waals surface area contributed by atoms with Crippen LogP contribution in [0.4, 0.5) is 23.0 Å². The number of aromatic nitrogens is 2. The van der Waals surface area contributed by atoms with E-state index in [-0.39, 0.29) is 17.3 Å². The van der Waals surface area contributed by atoms with Crippen LogP contribution in [0.15, 0.2) is 28.4 Å². The Morgan fingerprint density at radius 2 is 1.92 bits per heavy atom. The van der Waals surface area contributed by atoms with Crippen molar-refractivity contribution in [2.75, 3.05) is 23.7 Å². The van der Waals surface area contributed by atoms with Crippen LogP contribution in [0.1, 0.15) is 24.2 Å². The van der Waals surface area contributed by atoms with Crippen LogP contribution < -0.4 is 10.6 Å². The van der Waals surface area contributed by atoms with E-state index in [9.17, 15) is 0 Å². The first-order valence-corrected chi connectivity index (χ1v) is 7.57. The standard InChI is InChI=1S/C16H16N8/c1-23-15(10-18)14(9-17)20-16(23)22-21-13-5-4-11(8-12(13)19)24-6-2-3-7-24/h4-5,8H,2-3,6-7,19H2,1H3. The van der Waals surface area contributed by atoms with Gasteiger partial charge in [0.05, 0.1) is 5.69 Å². The number of nitrogens with zero attached hydrogens (tertiary/aromatic N) is 7. The molecule has 24 heavy (non-hydrogen) atoms. The third-order valence-electron chi connectivity index (χ3n) is 4.01. The number of hydrogen-bond acceptors (Lipinski definition) is 7. The average molecular weight is 320 g/mol. The number of hydrogen-bond donors (Lipinski definition) is 1. The topological polar surface area (TPSA) is 119 Å². The van der Waals surface area contributed by atoms with E-state index in [1.165, 1.54) is 17.4 Å². The van der Waals surface area contributed by atoms with Crippen LogP contribution >= 0.6 is 0 Å². The van der Waals surface area contributed by atoms with E-state index in [2.05, 4.69) is 20.1 Å². The minimum atomic E-state index is 0.0336. The van der Waals surface area contributed by atoms with Gasteiger partial charge in [0.15, 0.2) is 11.4 Å². The Bertz CT molecular complexity index is 875. The lowest BCUT2D eigenvalue weighted by Gasteiger charge is -2.18. The molecule has 1 aliphatic heterocycles. The Balaban J connectivity index is 1.86. The average Bonchev–Trinajstić information content (AvgIpc) is 3.21. The van der Waals surface area contributed by atoms with Gasteiger partial charge in [-0.3, -0.25) is 0 Å². The Morgan fingerprint density at radius 1 is 1.17 bits per heavy atom. The van der Waals surface area contributed by atoms with Gasteiger partial charge < -0.3 is 15.2 Å². The maximum absolute atomic E-state index is 9.05.